The van der Waals surface area contributed by atoms with Gasteiger partial charge >= 0.3 is 0 Å². The molecule has 6 nitrogen and oxygen atoms in total. The van der Waals surface area contributed by atoms with Crippen LogP contribution in [0.2, 0.25) is 0 Å². The third-order valence-corrected chi connectivity index (χ3v) is 2.29. The van der Waals surface area contributed by atoms with Crippen LogP contribution >= 0.6 is 0 Å². The van der Waals surface area contributed by atoms with Crippen LogP contribution in [-0.2, 0) is 4.74 Å². The van der Waals surface area contributed by atoms with E-state index in [1.54, 1.807) is 18.1 Å². The lowest BCUT2D eigenvalue weighted by molar-refractivity contribution is 0.190. The van der Waals surface area contributed by atoms with Crippen LogP contribution in [0.25, 0.3) is 5.69 Å². The van der Waals surface area contributed by atoms with Gasteiger partial charge in [-0.05, 0) is 35.5 Å². The quantitative estimate of drug-likeness (QED) is 0.838. The second-order valence-corrected chi connectivity index (χ2v) is 3.81. The first-order valence-corrected chi connectivity index (χ1v) is 5.38. The summed E-state index contributed by atoms with van der Waals surface area (Å²) in [5, 5.41) is 14.4. The minimum atomic E-state index is 0.254. The van der Waals surface area contributed by atoms with Crippen molar-refractivity contribution < 1.29 is 4.74 Å². The van der Waals surface area contributed by atoms with Gasteiger partial charge in [-0.3, -0.25) is 0 Å². The number of rotatable bonds is 5. The van der Waals surface area contributed by atoms with E-state index in [2.05, 4.69) is 27.8 Å². The van der Waals surface area contributed by atoms with Gasteiger partial charge in [0.25, 0.3) is 0 Å². The smallest absolute Gasteiger partial charge is 0.143 e. The highest BCUT2D eigenvalue weighted by Crippen LogP contribution is 2.14. The molecule has 0 radical (unpaired) electrons. The normalized spacial score (nSPS) is 12.4. The predicted molar refractivity (Wildman–Crippen MR) is 64.1 cm³/mol. The molecular weight excluding hydrogens is 218 g/mol. The molecule has 0 saturated heterocycles. The summed E-state index contributed by atoms with van der Waals surface area (Å²) in [6, 6.07) is 8.15. The summed E-state index contributed by atoms with van der Waals surface area (Å²) in [5.74, 6) is 0. The van der Waals surface area contributed by atoms with E-state index in [0.29, 0.717) is 6.61 Å². The Balaban J connectivity index is 2.12. The average molecular weight is 233 g/mol. The Hall–Kier alpha value is -1.95. The first-order chi connectivity index (χ1) is 8.29. The van der Waals surface area contributed by atoms with Crippen LogP contribution < -0.4 is 5.32 Å². The van der Waals surface area contributed by atoms with Crippen molar-refractivity contribution in [2.24, 2.45) is 0 Å². The lowest BCUT2D eigenvalue weighted by Gasteiger charge is -2.14. The van der Waals surface area contributed by atoms with Crippen molar-refractivity contribution in [3.8, 4) is 5.69 Å². The second kappa shape index (κ2) is 5.40. The van der Waals surface area contributed by atoms with Crippen LogP contribution in [0.4, 0.5) is 5.69 Å². The Bertz CT molecular complexity index is 457. The monoisotopic (exact) mass is 233 g/mol. The summed E-state index contributed by atoms with van der Waals surface area (Å²) in [7, 11) is 1.69. The Labute approximate surface area is 99.6 Å². The predicted octanol–water partition coefficient (Wildman–Crippen LogP) is 1.11. The number of nitrogens with one attached hydrogen (secondary N) is 1. The Morgan fingerprint density at radius 2 is 2.35 bits per heavy atom. The zero-order valence-corrected chi connectivity index (χ0v) is 9.87. The first kappa shape index (κ1) is 11.5. The number of anilines is 1. The second-order valence-electron chi connectivity index (χ2n) is 3.81. The summed E-state index contributed by atoms with van der Waals surface area (Å²) >= 11 is 0. The molecule has 17 heavy (non-hydrogen) atoms. The van der Waals surface area contributed by atoms with Crippen LogP contribution in [0, 0.1) is 0 Å². The minimum absolute atomic E-state index is 0.254. The third kappa shape index (κ3) is 3.01. The van der Waals surface area contributed by atoms with Gasteiger partial charge in [0, 0.05) is 18.8 Å². The first-order valence-electron chi connectivity index (χ1n) is 5.38. The largest absolute Gasteiger partial charge is 0.383 e. The topological polar surface area (TPSA) is 64.9 Å². The molecule has 1 aromatic heterocycles. The van der Waals surface area contributed by atoms with Crippen molar-refractivity contribution in [2.75, 3.05) is 19.0 Å². The van der Waals surface area contributed by atoms with E-state index in [4.69, 9.17) is 4.74 Å². The number of hydrogen-bond donors (Lipinski definition) is 1. The lowest BCUT2D eigenvalue weighted by Crippen LogP contribution is -2.20. The molecule has 0 amide bonds. The summed E-state index contributed by atoms with van der Waals surface area (Å²) < 4.78 is 6.70. The summed E-state index contributed by atoms with van der Waals surface area (Å²) in [6.45, 7) is 2.72. The van der Waals surface area contributed by atoms with Gasteiger partial charge in [0.2, 0.25) is 0 Å². The number of nitrogens with zero attached hydrogens (tertiary/aromatic N) is 4. The third-order valence-electron chi connectivity index (χ3n) is 2.29. The summed E-state index contributed by atoms with van der Waals surface area (Å²) in [6.07, 6.45) is 1.57. The van der Waals surface area contributed by atoms with Crippen molar-refractivity contribution in [3.63, 3.8) is 0 Å². The van der Waals surface area contributed by atoms with E-state index in [-0.39, 0.29) is 6.04 Å². The molecule has 0 aliphatic carbocycles. The van der Waals surface area contributed by atoms with Crippen LogP contribution in [-0.4, -0.2) is 40.0 Å². The highest BCUT2D eigenvalue weighted by molar-refractivity contribution is 5.51. The molecule has 1 aromatic carbocycles. The summed E-state index contributed by atoms with van der Waals surface area (Å²) in [5.41, 5.74) is 1.94. The molecule has 0 fully saturated rings. The maximum absolute atomic E-state index is 5.08. The average Bonchev–Trinajstić information content (AvgIpc) is 2.83. The Morgan fingerprint density at radius 1 is 1.47 bits per heavy atom. The van der Waals surface area contributed by atoms with Crippen LogP contribution in [0.1, 0.15) is 6.92 Å². The van der Waals surface area contributed by atoms with E-state index in [1.165, 1.54) is 0 Å². The fourth-order valence-corrected chi connectivity index (χ4v) is 1.59. The molecule has 0 aliphatic rings. The van der Waals surface area contributed by atoms with E-state index in [1.807, 2.05) is 24.3 Å². The van der Waals surface area contributed by atoms with Gasteiger partial charge < -0.3 is 10.1 Å². The van der Waals surface area contributed by atoms with E-state index in [0.717, 1.165) is 11.4 Å². The number of aromatic nitrogens is 4. The molecule has 0 aliphatic heterocycles. The highest BCUT2D eigenvalue weighted by Gasteiger charge is 2.03. The SMILES string of the molecule is COCC(C)Nc1cccc(-n2cnnn2)c1. The van der Waals surface area contributed by atoms with Crippen molar-refractivity contribution in [1.82, 2.24) is 20.2 Å². The molecule has 0 spiro atoms. The standard InChI is InChI=1S/C11H15N5O/c1-9(7-17-2)13-10-4-3-5-11(6-10)16-8-12-14-15-16/h3-6,8-9,13H,7H2,1-2H3. The molecular formula is C11H15N5O. The van der Waals surface area contributed by atoms with Crippen LogP contribution in [0.15, 0.2) is 30.6 Å². The van der Waals surface area contributed by atoms with Gasteiger partial charge in [0.1, 0.15) is 6.33 Å². The summed E-state index contributed by atoms with van der Waals surface area (Å²) in [4.78, 5) is 0. The maximum Gasteiger partial charge on any atom is 0.143 e. The van der Waals surface area contributed by atoms with Crippen molar-refractivity contribution in [3.05, 3.63) is 30.6 Å². The molecule has 2 rings (SSSR count). The van der Waals surface area contributed by atoms with Gasteiger partial charge in [0.15, 0.2) is 0 Å². The number of ether oxygens (including phenoxy) is 1. The van der Waals surface area contributed by atoms with Gasteiger partial charge in [0.05, 0.1) is 12.3 Å². The number of hydrogen-bond acceptors (Lipinski definition) is 5. The van der Waals surface area contributed by atoms with Gasteiger partial charge in [-0.1, -0.05) is 6.07 Å². The maximum atomic E-state index is 5.08. The highest BCUT2D eigenvalue weighted by atomic mass is 16.5. The fraction of sp³-hybridized carbons (Fsp3) is 0.364. The van der Waals surface area contributed by atoms with E-state index < -0.39 is 0 Å². The van der Waals surface area contributed by atoms with E-state index in [9.17, 15) is 0 Å². The Morgan fingerprint density at radius 3 is 3.06 bits per heavy atom. The van der Waals surface area contributed by atoms with Crippen molar-refractivity contribution >= 4 is 5.69 Å². The molecule has 90 valence electrons. The Kier molecular flexibility index (Phi) is 3.66. The molecule has 0 saturated carbocycles. The zero-order chi connectivity index (χ0) is 12.1. The zero-order valence-electron chi connectivity index (χ0n) is 9.87. The van der Waals surface area contributed by atoms with Crippen LogP contribution in [0.3, 0.4) is 0 Å². The van der Waals surface area contributed by atoms with Crippen molar-refractivity contribution in [2.45, 2.75) is 13.0 Å². The molecule has 6 heteroatoms. The van der Waals surface area contributed by atoms with Gasteiger partial charge in [-0.2, -0.15) is 0 Å². The van der Waals surface area contributed by atoms with Gasteiger partial charge in [-0.25, -0.2) is 4.68 Å². The lowest BCUT2D eigenvalue weighted by atomic mass is 10.2. The number of methoxy groups -OCH3 is 1. The molecule has 1 heterocycles. The molecule has 1 atom stereocenters. The molecule has 1 unspecified atom stereocenters. The minimum Gasteiger partial charge on any atom is -0.383 e. The molecule has 2 aromatic rings. The molecule has 1 N–H and O–H groups in total. The van der Waals surface area contributed by atoms with Gasteiger partial charge in [-0.15, -0.1) is 5.10 Å². The van der Waals surface area contributed by atoms with Crippen LogP contribution in [0.5, 0.6) is 0 Å². The molecule has 0 bridgehead atoms. The van der Waals surface area contributed by atoms with E-state index >= 15 is 0 Å². The number of benzene rings is 1. The number of tetrazole rings is 1. The fourth-order valence-electron chi connectivity index (χ4n) is 1.59. The van der Waals surface area contributed by atoms with Crippen molar-refractivity contribution in [1.29, 1.82) is 0 Å².